The maximum Gasteiger partial charge on any atom is 0.278 e. The van der Waals surface area contributed by atoms with Crippen molar-refractivity contribution in [1.29, 1.82) is 0 Å². The largest absolute Gasteiger partial charge is 0.350 e. The number of nitro groups is 1. The Morgan fingerprint density at radius 1 is 1.07 bits per heavy atom. The Bertz CT molecular complexity index is 1020. The molecule has 1 aliphatic heterocycles. The van der Waals surface area contributed by atoms with Crippen molar-refractivity contribution in [2.75, 3.05) is 11.9 Å². The maximum absolute atomic E-state index is 12.9. The summed E-state index contributed by atoms with van der Waals surface area (Å²) in [6, 6.07) is 11.2. The third-order valence-corrected chi connectivity index (χ3v) is 4.62. The van der Waals surface area contributed by atoms with Crippen molar-refractivity contribution >= 4 is 28.8 Å². The van der Waals surface area contributed by atoms with E-state index in [-0.39, 0.29) is 23.5 Å². The van der Waals surface area contributed by atoms with Crippen molar-refractivity contribution in [2.24, 2.45) is 0 Å². The van der Waals surface area contributed by atoms with E-state index < -0.39 is 16.7 Å². The van der Waals surface area contributed by atoms with Crippen molar-refractivity contribution in [1.82, 2.24) is 4.90 Å². The van der Waals surface area contributed by atoms with Crippen LogP contribution in [0.2, 0.25) is 0 Å². The molecule has 28 heavy (non-hydrogen) atoms. The van der Waals surface area contributed by atoms with E-state index in [9.17, 15) is 19.7 Å². The summed E-state index contributed by atoms with van der Waals surface area (Å²) in [6.45, 7) is 7.61. The van der Waals surface area contributed by atoms with Gasteiger partial charge in [-0.3, -0.25) is 24.6 Å². The lowest BCUT2D eigenvalue weighted by atomic mass is 10.0. The van der Waals surface area contributed by atoms with Crippen LogP contribution in [0.3, 0.4) is 0 Å². The molecular formula is C21H19N3O4. The van der Waals surface area contributed by atoms with Gasteiger partial charge < -0.3 is 5.32 Å². The molecule has 1 N–H and O–H groups in total. The van der Waals surface area contributed by atoms with Gasteiger partial charge in [0.05, 0.1) is 10.5 Å². The Morgan fingerprint density at radius 2 is 1.75 bits per heavy atom. The predicted octanol–water partition coefficient (Wildman–Crippen LogP) is 3.59. The molecule has 7 heteroatoms. The molecule has 7 nitrogen and oxygen atoms in total. The van der Waals surface area contributed by atoms with Crippen LogP contribution in [0.25, 0.3) is 5.57 Å². The van der Waals surface area contributed by atoms with Gasteiger partial charge in [0.1, 0.15) is 5.70 Å². The molecule has 1 aliphatic rings. The molecule has 142 valence electrons. The van der Waals surface area contributed by atoms with Crippen molar-refractivity contribution in [2.45, 2.75) is 13.8 Å². The Balaban J connectivity index is 2.08. The van der Waals surface area contributed by atoms with Crippen LogP contribution in [0.15, 0.2) is 60.8 Å². The third kappa shape index (κ3) is 3.42. The van der Waals surface area contributed by atoms with Gasteiger partial charge in [-0.15, -0.1) is 6.58 Å². The fourth-order valence-electron chi connectivity index (χ4n) is 2.97. The number of amides is 2. The van der Waals surface area contributed by atoms with Crippen LogP contribution in [0.4, 0.5) is 11.4 Å². The van der Waals surface area contributed by atoms with Gasteiger partial charge in [0.2, 0.25) is 0 Å². The molecule has 0 radical (unpaired) electrons. The number of anilines is 1. The number of aryl methyl sites for hydroxylation is 2. The van der Waals surface area contributed by atoms with Gasteiger partial charge in [0, 0.05) is 24.4 Å². The Kier molecular flexibility index (Phi) is 5.08. The van der Waals surface area contributed by atoms with E-state index in [1.54, 1.807) is 0 Å². The van der Waals surface area contributed by atoms with Gasteiger partial charge >= 0.3 is 0 Å². The minimum absolute atomic E-state index is 0.0756. The number of nitro benzene ring substituents is 1. The average Bonchev–Trinajstić information content (AvgIpc) is 2.89. The van der Waals surface area contributed by atoms with Crippen molar-refractivity contribution in [3.05, 3.63) is 87.6 Å². The van der Waals surface area contributed by atoms with E-state index in [0.29, 0.717) is 11.3 Å². The zero-order chi connectivity index (χ0) is 20.4. The number of nitrogens with zero attached hydrogens (tertiary/aromatic N) is 2. The van der Waals surface area contributed by atoms with Crippen LogP contribution in [-0.2, 0) is 9.59 Å². The van der Waals surface area contributed by atoms with Crippen LogP contribution in [-0.4, -0.2) is 28.2 Å². The van der Waals surface area contributed by atoms with Crippen LogP contribution in [0.5, 0.6) is 0 Å². The zero-order valence-corrected chi connectivity index (χ0v) is 15.6. The molecule has 0 unspecified atom stereocenters. The SMILES string of the molecule is C=CCN1C(=O)C(Nc2ccc(C)c(C)c2)=C(c2ccc([N+](=O)[O-])cc2)C1=O. The Hall–Kier alpha value is -3.74. The predicted molar refractivity (Wildman–Crippen MR) is 106 cm³/mol. The van der Waals surface area contributed by atoms with Crippen LogP contribution < -0.4 is 5.32 Å². The van der Waals surface area contributed by atoms with Crippen LogP contribution in [0, 0.1) is 24.0 Å². The molecule has 0 aliphatic carbocycles. The lowest BCUT2D eigenvalue weighted by molar-refractivity contribution is -0.384. The summed E-state index contributed by atoms with van der Waals surface area (Å²) in [6.07, 6.45) is 1.47. The van der Waals surface area contributed by atoms with Crippen molar-refractivity contribution < 1.29 is 14.5 Å². The molecule has 0 saturated carbocycles. The fraction of sp³-hybridized carbons (Fsp3) is 0.143. The molecule has 3 rings (SSSR count). The molecule has 2 amide bonds. The second-order valence-electron chi connectivity index (χ2n) is 6.49. The molecule has 0 aromatic heterocycles. The van der Waals surface area contributed by atoms with Gasteiger partial charge in [-0.25, -0.2) is 0 Å². The Labute approximate surface area is 162 Å². The number of hydrogen-bond acceptors (Lipinski definition) is 5. The number of nitrogens with one attached hydrogen (secondary N) is 1. The van der Waals surface area contributed by atoms with E-state index in [0.717, 1.165) is 16.0 Å². The minimum Gasteiger partial charge on any atom is -0.350 e. The highest BCUT2D eigenvalue weighted by atomic mass is 16.6. The maximum atomic E-state index is 12.9. The number of carbonyl (C=O) groups excluding carboxylic acids is 2. The van der Waals surface area contributed by atoms with E-state index in [1.165, 1.54) is 30.3 Å². The first kappa shape index (κ1) is 19.0. The van der Waals surface area contributed by atoms with Crippen LogP contribution >= 0.6 is 0 Å². The first-order valence-corrected chi connectivity index (χ1v) is 8.64. The summed E-state index contributed by atoms with van der Waals surface area (Å²) < 4.78 is 0. The summed E-state index contributed by atoms with van der Waals surface area (Å²) in [4.78, 5) is 37.2. The summed E-state index contributed by atoms with van der Waals surface area (Å²) in [5.41, 5.74) is 3.50. The molecule has 0 atom stereocenters. The third-order valence-electron chi connectivity index (χ3n) is 4.62. The normalized spacial score (nSPS) is 13.9. The lowest BCUT2D eigenvalue weighted by Crippen LogP contribution is -2.32. The average molecular weight is 377 g/mol. The number of imide groups is 1. The van der Waals surface area contributed by atoms with Gasteiger partial charge in [0.15, 0.2) is 0 Å². The second-order valence-corrected chi connectivity index (χ2v) is 6.49. The van der Waals surface area contributed by atoms with E-state index in [2.05, 4.69) is 11.9 Å². The zero-order valence-electron chi connectivity index (χ0n) is 15.6. The van der Waals surface area contributed by atoms with Crippen molar-refractivity contribution in [3.63, 3.8) is 0 Å². The number of benzene rings is 2. The van der Waals surface area contributed by atoms with E-state index >= 15 is 0 Å². The lowest BCUT2D eigenvalue weighted by Gasteiger charge is -2.13. The Morgan fingerprint density at radius 3 is 2.32 bits per heavy atom. The molecule has 0 bridgehead atoms. The highest BCUT2D eigenvalue weighted by Crippen LogP contribution is 2.31. The smallest absolute Gasteiger partial charge is 0.278 e. The summed E-state index contributed by atoms with van der Waals surface area (Å²) in [5.74, 6) is -0.929. The number of hydrogen-bond donors (Lipinski definition) is 1. The molecular weight excluding hydrogens is 358 g/mol. The standard InChI is InChI=1S/C21H19N3O4/c1-4-11-23-20(25)18(15-6-9-17(10-7-15)24(27)28)19(21(23)26)22-16-8-5-13(2)14(3)12-16/h4-10,12,22H,1,11H2,2-3H3. The fourth-order valence-corrected chi connectivity index (χ4v) is 2.97. The van der Waals surface area contributed by atoms with Gasteiger partial charge in [-0.2, -0.15) is 0 Å². The van der Waals surface area contributed by atoms with Crippen molar-refractivity contribution in [3.8, 4) is 0 Å². The number of non-ortho nitro benzene ring substituents is 1. The number of rotatable bonds is 6. The van der Waals surface area contributed by atoms with Gasteiger partial charge in [-0.05, 0) is 54.8 Å². The highest BCUT2D eigenvalue weighted by molar-refractivity contribution is 6.36. The van der Waals surface area contributed by atoms with Gasteiger partial charge in [0.25, 0.3) is 17.5 Å². The quantitative estimate of drug-likeness (QED) is 0.359. The first-order valence-electron chi connectivity index (χ1n) is 8.64. The van der Waals surface area contributed by atoms with Gasteiger partial charge in [-0.1, -0.05) is 12.1 Å². The molecule has 2 aromatic carbocycles. The van der Waals surface area contributed by atoms with E-state index in [1.807, 2.05) is 32.0 Å². The first-order chi connectivity index (χ1) is 13.3. The monoisotopic (exact) mass is 377 g/mol. The van der Waals surface area contributed by atoms with E-state index in [4.69, 9.17) is 0 Å². The molecule has 1 heterocycles. The highest BCUT2D eigenvalue weighted by Gasteiger charge is 2.38. The molecule has 0 saturated heterocycles. The molecule has 0 fully saturated rings. The molecule has 0 spiro atoms. The number of carbonyl (C=O) groups is 2. The summed E-state index contributed by atoms with van der Waals surface area (Å²) in [5, 5.41) is 14.0. The second kappa shape index (κ2) is 7.48. The minimum atomic E-state index is -0.516. The summed E-state index contributed by atoms with van der Waals surface area (Å²) in [7, 11) is 0. The van der Waals surface area contributed by atoms with Crippen LogP contribution in [0.1, 0.15) is 16.7 Å². The topological polar surface area (TPSA) is 92.6 Å². The summed E-state index contributed by atoms with van der Waals surface area (Å²) >= 11 is 0. The molecule has 2 aromatic rings.